The normalized spacial score (nSPS) is 27.5. The van der Waals surface area contributed by atoms with Crippen molar-refractivity contribution in [1.29, 1.82) is 5.26 Å². The third-order valence-electron chi connectivity index (χ3n) is 3.40. The van der Waals surface area contributed by atoms with Crippen LogP contribution in [0.15, 0.2) is 18.2 Å². The van der Waals surface area contributed by atoms with E-state index in [1.165, 1.54) is 0 Å². The van der Waals surface area contributed by atoms with Crippen molar-refractivity contribution < 1.29 is 4.79 Å². The standard InChI is InChI=1S/C12H9NO/c13-6-7-2-1-3-9-10-4-8(12(7)9)5-11(10)14/h1-3,8,10H,4-5H2/t8-,10+/m1/s1. The molecule has 1 aromatic carbocycles. The number of ketones is 1. The van der Waals surface area contributed by atoms with E-state index in [2.05, 4.69) is 6.07 Å². The Morgan fingerprint density at radius 1 is 1.43 bits per heavy atom. The van der Waals surface area contributed by atoms with Crippen LogP contribution in [0.4, 0.5) is 0 Å². The van der Waals surface area contributed by atoms with Crippen molar-refractivity contribution in [3.8, 4) is 6.07 Å². The van der Waals surface area contributed by atoms with Gasteiger partial charge in [-0.25, -0.2) is 0 Å². The quantitative estimate of drug-likeness (QED) is 0.618. The van der Waals surface area contributed by atoms with Crippen LogP contribution in [0, 0.1) is 11.3 Å². The zero-order valence-corrected chi connectivity index (χ0v) is 7.66. The van der Waals surface area contributed by atoms with Crippen LogP contribution in [0.5, 0.6) is 0 Å². The van der Waals surface area contributed by atoms with Crippen LogP contribution in [0.3, 0.4) is 0 Å². The lowest BCUT2D eigenvalue weighted by Crippen LogP contribution is -2.10. The minimum absolute atomic E-state index is 0.100. The Bertz CT molecular complexity index is 470. The summed E-state index contributed by atoms with van der Waals surface area (Å²) in [6, 6.07) is 7.95. The molecule has 0 saturated heterocycles. The molecule has 3 rings (SSSR count). The molecule has 0 heterocycles. The largest absolute Gasteiger partial charge is 0.299 e. The molecule has 2 aliphatic rings. The highest BCUT2D eigenvalue weighted by atomic mass is 16.1. The number of rotatable bonds is 0. The molecule has 2 atom stereocenters. The van der Waals surface area contributed by atoms with E-state index < -0.39 is 0 Å². The molecule has 0 amide bonds. The van der Waals surface area contributed by atoms with Crippen LogP contribution in [0.2, 0.25) is 0 Å². The summed E-state index contributed by atoms with van der Waals surface area (Å²) in [5, 5.41) is 8.96. The minimum atomic E-state index is 0.100. The fraction of sp³-hybridized carbons (Fsp3) is 0.333. The fourth-order valence-electron chi connectivity index (χ4n) is 2.84. The molecule has 2 aliphatic carbocycles. The van der Waals surface area contributed by atoms with Gasteiger partial charge in [0.15, 0.2) is 0 Å². The van der Waals surface area contributed by atoms with Crippen molar-refractivity contribution >= 4 is 5.78 Å². The topological polar surface area (TPSA) is 40.9 Å². The SMILES string of the molecule is N#Cc1cccc2c1[C@H]1CC(=O)[C@H]2C1. The van der Waals surface area contributed by atoms with Crippen LogP contribution in [-0.2, 0) is 4.79 Å². The third-order valence-corrected chi connectivity index (χ3v) is 3.40. The van der Waals surface area contributed by atoms with Crippen LogP contribution in [0.25, 0.3) is 0 Å². The number of benzene rings is 1. The Morgan fingerprint density at radius 3 is 3.07 bits per heavy atom. The lowest BCUT2D eigenvalue weighted by molar-refractivity contribution is -0.118. The summed E-state index contributed by atoms with van der Waals surface area (Å²) < 4.78 is 0. The summed E-state index contributed by atoms with van der Waals surface area (Å²) in [6.07, 6.45) is 1.59. The van der Waals surface area contributed by atoms with Crippen LogP contribution >= 0.6 is 0 Å². The average Bonchev–Trinajstić information content (AvgIpc) is 2.74. The monoisotopic (exact) mass is 183 g/mol. The number of fused-ring (bicyclic) bond motifs is 5. The van der Waals surface area contributed by atoms with Crippen molar-refractivity contribution in [3.63, 3.8) is 0 Å². The van der Waals surface area contributed by atoms with E-state index in [1.54, 1.807) is 0 Å². The molecular weight excluding hydrogens is 174 g/mol. The second-order valence-electron chi connectivity index (χ2n) is 4.08. The molecule has 1 aromatic rings. The molecule has 0 aromatic heterocycles. The lowest BCUT2D eigenvalue weighted by atomic mass is 9.88. The zero-order valence-electron chi connectivity index (χ0n) is 7.66. The molecule has 1 saturated carbocycles. The first-order valence-corrected chi connectivity index (χ1v) is 4.87. The molecule has 0 spiro atoms. The fourth-order valence-corrected chi connectivity index (χ4v) is 2.84. The highest BCUT2D eigenvalue weighted by Crippen LogP contribution is 2.51. The summed E-state index contributed by atoms with van der Waals surface area (Å²) in [6.45, 7) is 0. The van der Waals surface area contributed by atoms with E-state index in [0.29, 0.717) is 18.1 Å². The molecule has 1 fully saturated rings. The molecule has 14 heavy (non-hydrogen) atoms. The van der Waals surface area contributed by atoms with Gasteiger partial charge in [-0.3, -0.25) is 4.79 Å². The van der Waals surface area contributed by atoms with Gasteiger partial charge in [-0.05, 0) is 29.5 Å². The highest BCUT2D eigenvalue weighted by Gasteiger charge is 2.43. The number of hydrogen-bond acceptors (Lipinski definition) is 2. The van der Waals surface area contributed by atoms with E-state index in [-0.39, 0.29) is 5.92 Å². The van der Waals surface area contributed by atoms with Gasteiger partial charge in [0.25, 0.3) is 0 Å². The van der Waals surface area contributed by atoms with Crippen molar-refractivity contribution in [1.82, 2.24) is 0 Å². The van der Waals surface area contributed by atoms with Gasteiger partial charge in [-0.2, -0.15) is 5.26 Å². The summed E-state index contributed by atoms with van der Waals surface area (Å²) in [5.41, 5.74) is 3.03. The second kappa shape index (κ2) is 2.45. The van der Waals surface area contributed by atoms with Crippen LogP contribution in [0.1, 0.15) is 41.4 Å². The first-order chi connectivity index (χ1) is 6.81. The number of nitrogens with zero attached hydrogens (tertiary/aromatic N) is 1. The van der Waals surface area contributed by atoms with Crippen LogP contribution < -0.4 is 0 Å². The van der Waals surface area contributed by atoms with E-state index in [0.717, 1.165) is 23.1 Å². The zero-order chi connectivity index (χ0) is 9.71. The predicted molar refractivity (Wildman–Crippen MR) is 50.9 cm³/mol. The minimum Gasteiger partial charge on any atom is -0.299 e. The first kappa shape index (κ1) is 7.75. The highest BCUT2D eigenvalue weighted by molar-refractivity contribution is 5.92. The molecule has 0 radical (unpaired) electrons. The predicted octanol–water partition coefficient (Wildman–Crippen LogP) is 2.10. The summed E-state index contributed by atoms with van der Waals surface area (Å²) in [5.74, 6) is 0.791. The van der Waals surface area contributed by atoms with Crippen molar-refractivity contribution in [2.24, 2.45) is 0 Å². The number of Topliss-reactive ketones (excluding diaryl/α,β-unsaturated/α-hetero) is 1. The molecule has 0 N–H and O–H groups in total. The third kappa shape index (κ3) is 0.773. The number of carbonyl (C=O) groups excluding carboxylic acids is 1. The lowest BCUT2D eigenvalue weighted by Gasteiger charge is -2.14. The molecule has 68 valence electrons. The molecule has 0 unspecified atom stereocenters. The average molecular weight is 183 g/mol. The van der Waals surface area contributed by atoms with Gasteiger partial charge >= 0.3 is 0 Å². The summed E-state index contributed by atoms with van der Waals surface area (Å²) in [7, 11) is 0. The van der Waals surface area contributed by atoms with E-state index in [4.69, 9.17) is 5.26 Å². The van der Waals surface area contributed by atoms with Gasteiger partial charge < -0.3 is 0 Å². The Hall–Kier alpha value is -1.62. The van der Waals surface area contributed by atoms with Gasteiger partial charge in [0, 0.05) is 12.3 Å². The number of nitriles is 1. The van der Waals surface area contributed by atoms with Gasteiger partial charge in [-0.1, -0.05) is 12.1 Å². The number of hydrogen-bond donors (Lipinski definition) is 0. The Balaban J connectivity index is 2.27. The van der Waals surface area contributed by atoms with Crippen molar-refractivity contribution in [3.05, 3.63) is 34.9 Å². The van der Waals surface area contributed by atoms with E-state index in [9.17, 15) is 4.79 Å². The Morgan fingerprint density at radius 2 is 2.29 bits per heavy atom. The summed E-state index contributed by atoms with van der Waals surface area (Å²) in [4.78, 5) is 11.5. The molecule has 0 aliphatic heterocycles. The Kier molecular flexibility index (Phi) is 1.36. The first-order valence-electron chi connectivity index (χ1n) is 4.87. The van der Waals surface area contributed by atoms with Crippen molar-refractivity contribution in [2.75, 3.05) is 0 Å². The number of carbonyl (C=O) groups is 1. The van der Waals surface area contributed by atoms with Gasteiger partial charge in [0.05, 0.1) is 11.6 Å². The smallest absolute Gasteiger partial charge is 0.140 e. The maximum absolute atomic E-state index is 11.5. The maximum atomic E-state index is 11.5. The van der Waals surface area contributed by atoms with Gasteiger partial charge in [0.2, 0.25) is 0 Å². The van der Waals surface area contributed by atoms with Gasteiger partial charge in [0.1, 0.15) is 5.78 Å². The molecule has 2 nitrogen and oxygen atoms in total. The van der Waals surface area contributed by atoms with Gasteiger partial charge in [-0.15, -0.1) is 0 Å². The molecule has 2 heteroatoms. The maximum Gasteiger partial charge on any atom is 0.140 e. The molecular formula is C12H9NO. The van der Waals surface area contributed by atoms with E-state index in [1.807, 2.05) is 18.2 Å². The van der Waals surface area contributed by atoms with E-state index >= 15 is 0 Å². The van der Waals surface area contributed by atoms with Crippen LogP contribution in [-0.4, -0.2) is 5.78 Å². The molecule has 2 bridgehead atoms. The van der Waals surface area contributed by atoms with Crippen molar-refractivity contribution in [2.45, 2.75) is 24.7 Å². The Labute approximate surface area is 82.2 Å². The second-order valence-corrected chi connectivity index (χ2v) is 4.08. The summed E-state index contributed by atoms with van der Waals surface area (Å²) >= 11 is 0.